The summed E-state index contributed by atoms with van der Waals surface area (Å²) in [4.78, 5) is 20.2. The maximum Gasteiger partial charge on any atom is 0.244 e. The Morgan fingerprint density at radius 3 is 2.83 bits per heavy atom. The number of rotatable bonds is 5. The van der Waals surface area contributed by atoms with Crippen molar-refractivity contribution in [3.63, 3.8) is 0 Å². The minimum absolute atomic E-state index is 0.183. The average Bonchev–Trinajstić information content (AvgIpc) is 3.13. The van der Waals surface area contributed by atoms with Gasteiger partial charge in [-0.2, -0.15) is 0 Å². The number of hydrogen-bond acceptors (Lipinski definition) is 4. The van der Waals surface area contributed by atoms with Gasteiger partial charge < -0.3 is 9.73 Å². The van der Waals surface area contributed by atoms with Crippen LogP contribution in [0.5, 0.6) is 0 Å². The van der Waals surface area contributed by atoms with Crippen LogP contribution < -0.4 is 5.32 Å². The molecular formula is C18H15N3O2. The van der Waals surface area contributed by atoms with E-state index in [4.69, 9.17) is 4.42 Å². The molecule has 23 heavy (non-hydrogen) atoms. The molecule has 0 saturated heterocycles. The molecule has 3 aromatic rings. The van der Waals surface area contributed by atoms with Crippen LogP contribution in [0.15, 0.2) is 71.7 Å². The molecular weight excluding hydrogens is 290 g/mol. The molecule has 0 aliphatic rings. The number of carbonyl (C=O) groups is 1. The minimum Gasteiger partial charge on any atom is -0.465 e. The summed E-state index contributed by atoms with van der Waals surface area (Å²) in [5.41, 5.74) is 2.74. The average molecular weight is 305 g/mol. The van der Waals surface area contributed by atoms with E-state index >= 15 is 0 Å². The number of amides is 1. The van der Waals surface area contributed by atoms with E-state index in [0.29, 0.717) is 12.3 Å². The SMILES string of the molecule is O=C(C=Cc1ccco1)NCc1ccc(-c2cccnc2)nc1. The monoisotopic (exact) mass is 305 g/mol. The maximum absolute atomic E-state index is 11.7. The van der Waals surface area contributed by atoms with Crippen molar-refractivity contribution >= 4 is 12.0 Å². The highest BCUT2D eigenvalue weighted by molar-refractivity contribution is 5.91. The van der Waals surface area contributed by atoms with Gasteiger partial charge in [0.15, 0.2) is 0 Å². The first-order valence-corrected chi connectivity index (χ1v) is 7.16. The molecule has 0 spiro atoms. The van der Waals surface area contributed by atoms with E-state index in [2.05, 4.69) is 15.3 Å². The van der Waals surface area contributed by atoms with Crippen LogP contribution in [0.1, 0.15) is 11.3 Å². The predicted molar refractivity (Wildman–Crippen MR) is 87.1 cm³/mol. The number of nitrogens with one attached hydrogen (secondary N) is 1. The number of nitrogens with zero attached hydrogens (tertiary/aromatic N) is 2. The molecule has 3 rings (SSSR count). The van der Waals surface area contributed by atoms with Crippen molar-refractivity contribution in [2.45, 2.75) is 6.54 Å². The molecule has 0 saturated carbocycles. The second-order valence-electron chi connectivity index (χ2n) is 4.86. The first-order chi connectivity index (χ1) is 11.3. The molecule has 0 fully saturated rings. The molecule has 3 heterocycles. The third-order valence-corrected chi connectivity index (χ3v) is 3.19. The van der Waals surface area contributed by atoms with Crippen LogP contribution in [0.3, 0.4) is 0 Å². The third-order valence-electron chi connectivity index (χ3n) is 3.19. The molecule has 0 aliphatic heterocycles. The summed E-state index contributed by atoms with van der Waals surface area (Å²) in [5.74, 6) is 0.459. The van der Waals surface area contributed by atoms with E-state index in [0.717, 1.165) is 16.8 Å². The Morgan fingerprint density at radius 1 is 1.17 bits per heavy atom. The zero-order valence-corrected chi connectivity index (χ0v) is 12.3. The third kappa shape index (κ3) is 4.14. The van der Waals surface area contributed by atoms with Crippen LogP contribution in [-0.2, 0) is 11.3 Å². The minimum atomic E-state index is -0.183. The number of aromatic nitrogens is 2. The normalized spacial score (nSPS) is 10.8. The van der Waals surface area contributed by atoms with Crippen molar-refractivity contribution in [1.29, 1.82) is 0 Å². The molecule has 0 aliphatic carbocycles. The molecule has 5 heteroatoms. The van der Waals surface area contributed by atoms with Gasteiger partial charge >= 0.3 is 0 Å². The Hall–Kier alpha value is -3.21. The zero-order valence-electron chi connectivity index (χ0n) is 12.3. The lowest BCUT2D eigenvalue weighted by molar-refractivity contribution is -0.116. The fourth-order valence-electron chi connectivity index (χ4n) is 2.01. The van der Waals surface area contributed by atoms with Crippen LogP contribution >= 0.6 is 0 Å². The fraction of sp³-hybridized carbons (Fsp3) is 0.0556. The van der Waals surface area contributed by atoms with Crippen LogP contribution in [0, 0.1) is 0 Å². The van der Waals surface area contributed by atoms with Gasteiger partial charge in [0.2, 0.25) is 5.91 Å². The van der Waals surface area contributed by atoms with Gasteiger partial charge in [-0.15, -0.1) is 0 Å². The molecule has 0 bridgehead atoms. The summed E-state index contributed by atoms with van der Waals surface area (Å²) in [6, 6.07) is 11.2. The van der Waals surface area contributed by atoms with Crippen molar-refractivity contribution in [1.82, 2.24) is 15.3 Å². The molecule has 1 N–H and O–H groups in total. The quantitative estimate of drug-likeness (QED) is 0.736. The Balaban J connectivity index is 1.55. The smallest absolute Gasteiger partial charge is 0.244 e. The molecule has 5 nitrogen and oxygen atoms in total. The van der Waals surface area contributed by atoms with Crippen molar-refractivity contribution in [2.24, 2.45) is 0 Å². The standard InChI is InChI=1S/C18H15N3O2/c22-18(8-6-16-4-2-10-23-16)21-12-14-5-7-17(20-11-14)15-3-1-9-19-13-15/h1-11,13H,12H2,(H,21,22). The van der Waals surface area contributed by atoms with Crippen LogP contribution in [0.25, 0.3) is 17.3 Å². The summed E-state index contributed by atoms with van der Waals surface area (Å²) < 4.78 is 5.12. The fourth-order valence-corrected chi connectivity index (χ4v) is 2.01. The molecule has 0 unspecified atom stereocenters. The van der Waals surface area contributed by atoms with E-state index in [9.17, 15) is 4.79 Å². The Morgan fingerprint density at radius 2 is 2.13 bits per heavy atom. The first-order valence-electron chi connectivity index (χ1n) is 7.16. The summed E-state index contributed by atoms with van der Waals surface area (Å²) in [6.45, 7) is 0.418. The topological polar surface area (TPSA) is 68.0 Å². The van der Waals surface area contributed by atoms with Gasteiger partial charge in [0.05, 0.1) is 12.0 Å². The summed E-state index contributed by atoms with van der Waals surface area (Å²) in [5, 5.41) is 2.80. The van der Waals surface area contributed by atoms with E-state index in [-0.39, 0.29) is 5.91 Å². The summed E-state index contributed by atoms with van der Waals surface area (Å²) >= 11 is 0. The van der Waals surface area contributed by atoms with Gasteiger partial charge in [-0.05, 0) is 42.0 Å². The van der Waals surface area contributed by atoms with Gasteiger partial charge in [-0.25, -0.2) is 0 Å². The lowest BCUT2D eigenvalue weighted by atomic mass is 10.1. The van der Waals surface area contributed by atoms with Gasteiger partial charge in [0.25, 0.3) is 0 Å². The predicted octanol–water partition coefficient (Wildman–Crippen LogP) is 3.07. The van der Waals surface area contributed by atoms with Crippen LogP contribution in [-0.4, -0.2) is 15.9 Å². The van der Waals surface area contributed by atoms with Crippen LogP contribution in [0.2, 0.25) is 0 Å². The lowest BCUT2D eigenvalue weighted by Crippen LogP contribution is -2.20. The number of hydrogen-bond donors (Lipinski definition) is 1. The zero-order chi connectivity index (χ0) is 15.9. The Kier molecular flexibility index (Phi) is 4.59. The molecule has 1 amide bonds. The van der Waals surface area contributed by atoms with E-state index < -0.39 is 0 Å². The van der Waals surface area contributed by atoms with Crippen molar-refractivity contribution in [2.75, 3.05) is 0 Å². The Bertz CT molecular complexity index is 779. The largest absolute Gasteiger partial charge is 0.465 e. The maximum atomic E-state index is 11.7. The van der Waals surface area contributed by atoms with Gasteiger partial charge in [0, 0.05) is 36.8 Å². The number of carbonyl (C=O) groups excluding carboxylic acids is 1. The number of furan rings is 1. The first kappa shape index (κ1) is 14.7. The highest BCUT2D eigenvalue weighted by atomic mass is 16.3. The van der Waals surface area contributed by atoms with Crippen molar-refractivity contribution in [3.8, 4) is 11.3 Å². The highest BCUT2D eigenvalue weighted by Gasteiger charge is 2.01. The number of pyridine rings is 2. The second kappa shape index (κ2) is 7.17. The molecule has 0 aromatic carbocycles. The van der Waals surface area contributed by atoms with Gasteiger partial charge in [0.1, 0.15) is 5.76 Å². The molecule has 114 valence electrons. The molecule has 3 aromatic heterocycles. The molecule has 0 radical (unpaired) electrons. The molecule has 0 atom stereocenters. The summed E-state index contributed by atoms with van der Waals surface area (Å²) in [7, 11) is 0. The van der Waals surface area contributed by atoms with Crippen LogP contribution in [0.4, 0.5) is 0 Å². The van der Waals surface area contributed by atoms with Gasteiger partial charge in [-0.1, -0.05) is 6.07 Å². The summed E-state index contributed by atoms with van der Waals surface area (Å²) in [6.07, 6.45) is 9.87. The van der Waals surface area contributed by atoms with Crippen molar-refractivity contribution < 1.29 is 9.21 Å². The second-order valence-corrected chi connectivity index (χ2v) is 4.86. The van der Waals surface area contributed by atoms with E-state index in [1.54, 1.807) is 43.1 Å². The van der Waals surface area contributed by atoms with E-state index in [1.807, 2.05) is 24.3 Å². The Labute approximate surface area is 133 Å². The van der Waals surface area contributed by atoms with Gasteiger partial charge in [-0.3, -0.25) is 14.8 Å². The lowest BCUT2D eigenvalue weighted by Gasteiger charge is -2.04. The highest BCUT2D eigenvalue weighted by Crippen LogP contribution is 2.15. The van der Waals surface area contributed by atoms with E-state index in [1.165, 1.54) is 6.08 Å². The van der Waals surface area contributed by atoms with Crippen molar-refractivity contribution in [3.05, 3.63) is 78.7 Å².